The fraction of sp³-hybridized carbons (Fsp3) is 0.591. The van der Waals surface area contributed by atoms with Crippen LogP contribution in [0.2, 0.25) is 0 Å². The summed E-state index contributed by atoms with van der Waals surface area (Å²) in [6, 6.07) is 5.44. The average molecular weight is 399 g/mol. The van der Waals surface area contributed by atoms with Crippen LogP contribution in [0.1, 0.15) is 60.5 Å². The van der Waals surface area contributed by atoms with Crippen LogP contribution >= 0.6 is 0 Å². The monoisotopic (exact) mass is 398 g/mol. The Balaban J connectivity index is 1.33. The van der Waals surface area contributed by atoms with Gasteiger partial charge in [0.2, 0.25) is 11.8 Å². The zero-order valence-electron chi connectivity index (χ0n) is 17.1. The molecule has 0 spiro atoms. The van der Waals surface area contributed by atoms with Crippen LogP contribution in [0, 0.1) is 5.41 Å². The third-order valence-electron chi connectivity index (χ3n) is 6.64. The molecule has 3 amide bonds. The van der Waals surface area contributed by atoms with Crippen molar-refractivity contribution in [1.29, 1.82) is 0 Å². The van der Waals surface area contributed by atoms with Gasteiger partial charge in [-0.2, -0.15) is 0 Å². The van der Waals surface area contributed by atoms with Gasteiger partial charge in [-0.25, -0.2) is 0 Å². The van der Waals surface area contributed by atoms with Crippen LogP contribution in [-0.4, -0.2) is 48.3 Å². The number of carbonyl (C=O) groups excluding carboxylic acids is 3. The predicted molar refractivity (Wildman–Crippen MR) is 109 cm³/mol. The highest BCUT2D eigenvalue weighted by molar-refractivity contribution is 6.05. The number of benzene rings is 1. The van der Waals surface area contributed by atoms with Gasteiger partial charge in [0, 0.05) is 25.1 Å². The summed E-state index contributed by atoms with van der Waals surface area (Å²) >= 11 is 0. The topological polar surface area (TPSA) is 90.5 Å². The number of imide groups is 1. The van der Waals surface area contributed by atoms with Gasteiger partial charge in [-0.1, -0.05) is 19.1 Å². The van der Waals surface area contributed by atoms with Gasteiger partial charge in [0.15, 0.2) is 0 Å². The van der Waals surface area contributed by atoms with Gasteiger partial charge in [-0.15, -0.1) is 0 Å². The van der Waals surface area contributed by atoms with Crippen molar-refractivity contribution in [2.24, 2.45) is 5.41 Å². The molecule has 0 aliphatic carbocycles. The van der Waals surface area contributed by atoms with Crippen molar-refractivity contribution in [2.75, 3.05) is 19.6 Å². The zero-order valence-corrected chi connectivity index (χ0v) is 17.1. The highest BCUT2D eigenvalue weighted by atomic mass is 16.2. The fourth-order valence-electron chi connectivity index (χ4n) is 4.62. The third kappa shape index (κ3) is 4.36. The Bertz CT molecular complexity index is 816. The van der Waals surface area contributed by atoms with Crippen LogP contribution in [0.4, 0.5) is 0 Å². The maximum absolute atomic E-state index is 12.9. The Hall–Kier alpha value is -2.25. The van der Waals surface area contributed by atoms with Gasteiger partial charge in [0.05, 0.1) is 0 Å². The zero-order chi connectivity index (χ0) is 20.4. The Morgan fingerprint density at radius 1 is 1.21 bits per heavy atom. The van der Waals surface area contributed by atoms with Gasteiger partial charge >= 0.3 is 0 Å². The van der Waals surface area contributed by atoms with Crippen LogP contribution in [0.15, 0.2) is 18.2 Å². The summed E-state index contributed by atoms with van der Waals surface area (Å²) in [5, 5.41) is 9.28. The van der Waals surface area contributed by atoms with Crippen LogP contribution < -0.4 is 16.0 Å². The molecule has 0 saturated carbocycles. The van der Waals surface area contributed by atoms with Crippen molar-refractivity contribution in [3.05, 3.63) is 34.9 Å². The Morgan fingerprint density at radius 3 is 2.76 bits per heavy atom. The van der Waals surface area contributed by atoms with Gasteiger partial charge in [0.1, 0.15) is 6.04 Å². The van der Waals surface area contributed by atoms with Crippen LogP contribution in [0.3, 0.4) is 0 Å². The molecule has 1 unspecified atom stereocenters. The number of nitrogens with zero attached hydrogens (tertiary/aromatic N) is 1. The Kier molecular flexibility index (Phi) is 5.69. The molecule has 4 rings (SSSR count). The van der Waals surface area contributed by atoms with Crippen molar-refractivity contribution in [3.63, 3.8) is 0 Å². The van der Waals surface area contributed by atoms with E-state index in [2.05, 4.69) is 28.9 Å². The molecule has 3 heterocycles. The molecule has 1 aromatic carbocycles. The van der Waals surface area contributed by atoms with Gasteiger partial charge in [0.25, 0.3) is 5.91 Å². The maximum Gasteiger partial charge on any atom is 0.255 e. The number of piperidine rings is 2. The van der Waals surface area contributed by atoms with E-state index < -0.39 is 6.04 Å². The minimum atomic E-state index is -0.556. The normalized spacial score (nSPS) is 23.8. The molecule has 7 nitrogen and oxygen atoms in total. The summed E-state index contributed by atoms with van der Waals surface area (Å²) < 4.78 is 0. The molecule has 1 aromatic rings. The van der Waals surface area contributed by atoms with Crippen molar-refractivity contribution >= 4 is 17.7 Å². The quantitative estimate of drug-likeness (QED) is 0.497. The smallest absolute Gasteiger partial charge is 0.255 e. The summed E-state index contributed by atoms with van der Waals surface area (Å²) in [4.78, 5) is 38.0. The van der Waals surface area contributed by atoms with E-state index in [1.807, 2.05) is 12.1 Å². The second-order valence-electron chi connectivity index (χ2n) is 8.88. The molecular weight excluding hydrogens is 368 g/mol. The maximum atomic E-state index is 12.9. The van der Waals surface area contributed by atoms with Gasteiger partial charge in [-0.3, -0.25) is 19.7 Å². The number of rotatable bonds is 6. The number of hydrogen-bond acceptors (Lipinski definition) is 5. The number of fused-ring (bicyclic) bond motifs is 1. The second-order valence-corrected chi connectivity index (χ2v) is 8.88. The first kappa shape index (κ1) is 20.0. The molecule has 29 heavy (non-hydrogen) atoms. The SMILES string of the molecule is CC1(CCNCc2ccc3c(c2)C(=O)N(C2CCC(=O)NC2=O)C3)CCNCC1. The molecule has 3 aliphatic rings. The highest BCUT2D eigenvalue weighted by Gasteiger charge is 2.39. The minimum Gasteiger partial charge on any atom is -0.322 e. The molecule has 2 fully saturated rings. The fourth-order valence-corrected chi connectivity index (χ4v) is 4.62. The van der Waals surface area contributed by atoms with E-state index in [0.29, 0.717) is 23.9 Å². The summed E-state index contributed by atoms with van der Waals surface area (Å²) in [5.41, 5.74) is 3.12. The van der Waals surface area contributed by atoms with E-state index in [4.69, 9.17) is 0 Å². The van der Waals surface area contributed by atoms with Gasteiger partial charge < -0.3 is 15.5 Å². The second kappa shape index (κ2) is 8.24. The number of carbonyl (C=O) groups is 3. The molecule has 2 saturated heterocycles. The third-order valence-corrected chi connectivity index (χ3v) is 6.64. The lowest BCUT2D eigenvalue weighted by Gasteiger charge is -2.34. The van der Waals surface area contributed by atoms with E-state index in [-0.39, 0.29) is 24.1 Å². The molecule has 3 N–H and O–H groups in total. The molecular formula is C22H30N4O3. The molecule has 7 heteroatoms. The largest absolute Gasteiger partial charge is 0.322 e. The van der Waals surface area contributed by atoms with Crippen LogP contribution in [0.5, 0.6) is 0 Å². The first-order valence-electron chi connectivity index (χ1n) is 10.6. The Labute approximate surface area is 171 Å². The Morgan fingerprint density at radius 2 is 2.00 bits per heavy atom. The van der Waals surface area contributed by atoms with Gasteiger partial charge in [-0.05, 0) is 67.9 Å². The van der Waals surface area contributed by atoms with E-state index in [1.165, 1.54) is 12.8 Å². The molecule has 0 radical (unpaired) electrons. The molecule has 156 valence electrons. The summed E-state index contributed by atoms with van der Waals surface area (Å²) in [6.07, 6.45) is 4.27. The number of amides is 3. The van der Waals surface area contributed by atoms with E-state index in [1.54, 1.807) is 4.90 Å². The standard InChI is InChI=1S/C22H30N4O3/c1-22(6-9-23-10-7-22)8-11-24-13-15-2-3-16-14-26(21(29)17(16)12-15)18-4-5-19(27)25-20(18)28/h2-3,12,18,23-24H,4-11,13-14H2,1H3,(H,25,27,28). The molecule has 1 atom stereocenters. The summed E-state index contributed by atoms with van der Waals surface area (Å²) in [6.45, 7) is 6.70. The van der Waals surface area contributed by atoms with Crippen molar-refractivity contribution < 1.29 is 14.4 Å². The van der Waals surface area contributed by atoms with E-state index in [0.717, 1.165) is 43.7 Å². The lowest BCUT2D eigenvalue weighted by molar-refractivity contribution is -0.136. The highest BCUT2D eigenvalue weighted by Crippen LogP contribution is 2.31. The van der Waals surface area contributed by atoms with Crippen LogP contribution in [-0.2, 0) is 22.7 Å². The summed E-state index contributed by atoms with van der Waals surface area (Å²) in [7, 11) is 0. The van der Waals surface area contributed by atoms with Crippen molar-refractivity contribution in [1.82, 2.24) is 20.9 Å². The van der Waals surface area contributed by atoms with Crippen molar-refractivity contribution in [3.8, 4) is 0 Å². The van der Waals surface area contributed by atoms with Crippen LogP contribution in [0.25, 0.3) is 0 Å². The lowest BCUT2D eigenvalue weighted by atomic mass is 9.78. The average Bonchev–Trinajstić information content (AvgIpc) is 3.02. The minimum absolute atomic E-state index is 0.112. The molecule has 0 aromatic heterocycles. The molecule has 0 bridgehead atoms. The summed E-state index contributed by atoms with van der Waals surface area (Å²) in [5.74, 6) is -0.739. The van der Waals surface area contributed by atoms with E-state index in [9.17, 15) is 14.4 Å². The lowest BCUT2D eigenvalue weighted by Crippen LogP contribution is -2.52. The number of hydrogen-bond donors (Lipinski definition) is 3. The predicted octanol–water partition coefficient (Wildman–Crippen LogP) is 1.32. The van der Waals surface area contributed by atoms with Crippen molar-refractivity contribution in [2.45, 2.75) is 58.2 Å². The van der Waals surface area contributed by atoms with E-state index >= 15 is 0 Å². The number of nitrogens with one attached hydrogen (secondary N) is 3. The molecule has 3 aliphatic heterocycles. The first-order valence-corrected chi connectivity index (χ1v) is 10.6. The first-order chi connectivity index (χ1) is 14.0.